The van der Waals surface area contributed by atoms with Crippen molar-refractivity contribution in [2.75, 3.05) is 11.9 Å². The standard InChI is InChI=1S/C22H18Cl2N2O2/c1-15-7-9-17(10-8-15)25-13-16-11-19(23)22(20(24)12-16)28-14-21(27)26-18-5-3-2-4-6-18/h2-13H,14H2,1H3,(H,26,27). The molecule has 0 saturated carbocycles. The number of carbonyl (C=O) groups excluding carboxylic acids is 1. The summed E-state index contributed by atoms with van der Waals surface area (Å²) in [6.45, 7) is 1.82. The highest BCUT2D eigenvalue weighted by Crippen LogP contribution is 2.34. The fourth-order valence-corrected chi connectivity index (χ4v) is 3.04. The highest BCUT2D eigenvalue weighted by molar-refractivity contribution is 6.37. The molecule has 1 N–H and O–H groups in total. The molecule has 28 heavy (non-hydrogen) atoms. The Balaban J connectivity index is 1.64. The summed E-state index contributed by atoms with van der Waals surface area (Å²) in [7, 11) is 0. The van der Waals surface area contributed by atoms with Crippen LogP contribution in [-0.2, 0) is 4.79 Å². The summed E-state index contributed by atoms with van der Waals surface area (Å²) in [6, 6.07) is 20.3. The van der Waals surface area contributed by atoms with E-state index in [2.05, 4.69) is 10.3 Å². The molecule has 0 radical (unpaired) electrons. The van der Waals surface area contributed by atoms with E-state index in [4.69, 9.17) is 27.9 Å². The predicted molar refractivity (Wildman–Crippen MR) is 115 cm³/mol. The third kappa shape index (κ3) is 5.59. The Morgan fingerprint density at radius 1 is 1.04 bits per heavy atom. The van der Waals surface area contributed by atoms with Crippen molar-refractivity contribution in [1.29, 1.82) is 0 Å². The average Bonchev–Trinajstić information content (AvgIpc) is 2.67. The molecule has 6 heteroatoms. The Labute approximate surface area is 173 Å². The zero-order chi connectivity index (χ0) is 19.9. The van der Waals surface area contributed by atoms with Crippen LogP contribution in [0.3, 0.4) is 0 Å². The van der Waals surface area contributed by atoms with Crippen molar-refractivity contribution in [2.24, 2.45) is 4.99 Å². The number of hydrogen-bond acceptors (Lipinski definition) is 3. The van der Waals surface area contributed by atoms with Gasteiger partial charge in [0.2, 0.25) is 0 Å². The molecule has 0 aliphatic carbocycles. The number of nitrogens with zero attached hydrogens (tertiary/aromatic N) is 1. The first-order valence-corrected chi connectivity index (χ1v) is 9.34. The number of amides is 1. The van der Waals surface area contributed by atoms with Crippen LogP contribution in [-0.4, -0.2) is 18.7 Å². The van der Waals surface area contributed by atoms with E-state index in [-0.39, 0.29) is 18.3 Å². The minimum Gasteiger partial charge on any atom is -0.481 e. The molecule has 0 atom stereocenters. The van der Waals surface area contributed by atoms with Crippen LogP contribution in [0.15, 0.2) is 71.7 Å². The zero-order valence-corrected chi connectivity index (χ0v) is 16.7. The van der Waals surface area contributed by atoms with Gasteiger partial charge in [-0.1, -0.05) is 59.1 Å². The summed E-state index contributed by atoms with van der Waals surface area (Å²) in [5.74, 6) is -0.0395. The molecule has 3 rings (SSSR count). The molecule has 3 aromatic rings. The first kappa shape index (κ1) is 19.9. The molecule has 0 saturated heterocycles. The van der Waals surface area contributed by atoms with Crippen LogP contribution in [0.2, 0.25) is 10.0 Å². The summed E-state index contributed by atoms with van der Waals surface area (Å²) in [5.41, 5.74) is 3.42. The number of rotatable bonds is 6. The number of nitrogens with one attached hydrogen (secondary N) is 1. The summed E-state index contributed by atoms with van der Waals surface area (Å²) < 4.78 is 5.51. The maximum Gasteiger partial charge on any atom is 0.262 e. The quantitative estimate of drug-likeness (QED) is 0.499. The molecule has 3 aromatic carbocycles. The number of anilines is 1. The van der Waals surface area contributed by atoms with Crippen molar-refractivity contribution in [3.8, 4) is 5.75 Å². The van der Waals surface area contributed by atoms with E-state index in [1.165, 1.54) is 5.56 Å². The lowest BCUT2D eigenvalue weighted by Crippen LogP contribution is -2.20. The van der Waals surface area contributed by atoms with Crippen LogP contribution in [0, 0.1) is 6.92 Å². The number of para-hydroxylation sites is 1. The Kier molecular flexibility index (Phi) is 6.69. The minimum atomic E-state index is -0.302. The van der Waals surface area contributed by atoms with Gasteiger partial charge in [-0.15, -0.1) is 0 Å². The summed E-state index contributed by atoms with van der Waals surface area (Å²) in [5, 5.41) is 3.35. The SMILES string of the molecule is Cc1ccc(N=Cc2cc(Cl)c(OCC(=O)Nc3ccccc3)c(Cl)c2)cc1. The number of hydrogen-bond donors (Lipinski definition) is 1. The molecule has 0 unspecified atom stereocenters. The third-order valence-electron chi connectivity index (χ3n) is 3.82. The van der Waals surface area contributed by atoms with Crippen LogP contribution in [0.4, 0.5) is 11.4 Å². The molecule has 4 nitrogen and oxygen atoms in total. The van der Waals surface area contributed by atoms with Gasteiger partial charge in [-0.25, -0.2) is 0 Å². The van der Waals surface area contributed by atoms with Gasteiger partial charge in [-0.05, 0) is 48.9 Å². The van der Waals surface area contributed by atoms with Gasteiger partial charge in [0.05, 0.1) is 15.7 Å². The number of benzene rings is 3. The first-order valence-electron chi connectivity index (χ1n) is 8.59. The van der Waals surface area contributed by atoms with Crippen molar-refractivity contribution in [1.82, 2.24) is 0 Å². The van der Waals surface area contributed by atoms with Gasteiger partial charge in [0, 0.05) is 11.9 Å². The summed E-state index contributed by atoms with van der Waals surface area (Å²) in [4.78, 5) is 16.4. The molecule has 0 fully saturated rings. The fraction of sp³-hybridized carbons (Fsp3) is 0.0909. The van der Waals surface area contributed by atoms with Gasteiger partial charge in [-0.2, -0.15) is 0 Å². The van der Waals surface area contributed by atoms with Crippen molar-refractivity contribution < 1.29 is 9.53 Å². The Bertz CT molecular complexity index is 964. The number of halogens is 2. The maximum absolute atomic E-state index is 12.0. The van der Waals surface area contributed by atoms with Gasteiger partial charge in [-0.3, -0.25) is 9.79 Å². The molecule has 142 valence electrons. The van der Waals surface area contributed by atoms with Gasteiger partial charge < -0.3 is 10.1 Å². The smallest absolute Gasteiger partial charge is 0.262 e. The van der Waals surface area contributed by atoms with Gasteiger partial charge in [0.1, 0.15) is 0 Å². The predicted octanol–water partition coefficient (Wildman–Crippen LogP) is 6.07. The first-order chi connectivity index (χ1) is 13.5. The summed E-state index contributed by atoms with van der Waals surface area (Å²) in [6.07, 6.45) is 1.67. The molecule has 0 bridgehead atoms. The van der Waals surface area contributed by atoms with Crippen LogP contribution in [0.25, 0.3) is 0 Å². The molecule has 0 aliphatic heterocycles. The van der Waals surface area contributed by atoms with E-state index < -0.39 is 0 Å². The van der Waals surface area contributed by atoms with Crippen LogP contribution >= 0.6 is 23.2 Å². The average molecular weight is 413 g/mol. The maximum atomic E-state index is 12.0. The second-order valence-corrected chi connectivity index (χ2v) is 6.92. The number of carbonyl (C=O) groups is 1. The van der Waals surface area contributed by atoms with E-state index in [1.807, 2.05) is 49.4 Å². The highest BCUT2D eigenvalue weighted by atomic mass is 35.5. The zero-order valence-electron chi connectivity index (χ0n) is 15.2. The van der Waals surface area contributed by atoms with E-state index in [0.717, 1.165) is 11.3 Å². The molecule has 1 amide bonds. The van der Waals surface area contributed by atoms with Crippen molar-refractivity contribution >= 4 is 46.7 Å². The van der Waals surface area contributed by atoms with E-state index in [1.54, 1.807) is 30.5 Å². The van der Waals surface area contributed by atoms with Crippen LogP contribution < -0.4 is 10.1 Å². The Hall–Kier alpha value is -2.82. The van der Waals surface area contributed by atoms with Gasteiger partial charge in [0.25, 0.3) is 5.91 Å². The lowest BCUT2D eigenvalue weighted by Gasteiger charge is -2.11. The third-order valence-corrected chi connectivity index (χ3v) is 4.38. The van der Waals surface area contributed by atoms with E-state index in [9.17, 15) is 4.79 Å². The topological polar surface area (TPSA) is 50.7 Å². The van der Waals surface area contributed by atoms with Crippen molar-refractivity contribution in [3.63, 3.8) is 0 Å². The molecular weight excluding hydrogens is 395 g/mol. The fourth-order valence-electron chi connectivity index (χ4n) is 2.43. The molecule has 0 aromatic heterocycles. The van der Waals surface area contributed by atoms with Gasteiger partial charge >= 0.3 is 0 Å². The molecular formula is C22H18Cl2N2O2. The lowest BCUT2D eigenvalue weighted by atomic mass is 10.2. The van der Waals surface area contributed by atoms with Crippen LogP contribution in [0.5, 0.6) is 5.75 Å². The Morgan fingerprint density at radius 2 is 1.68 bits per heavy atom. The number of ether oxygens (including phenoxy) is 1. The molecule has 0 spiro atoms. The van der Waals surface area contributed by atoms with E-state index in [0.29, 0.717) is 15.7 Å². The largest absolute Gasteiger partial charge is 0.481 e. The monoisotopic (exact) mass is 412 g/mol. The molecule has 0 heterocycles. The van der Waals surface area contributed by atoms with Crippen molar-refractivity contribution in [3.05, 3.63) is 87.9 Å². The number of aliphatic imine (C=N–C) groups is 1. The summed E-state index contributed by atoms with van der Waals surface area (Å²) >= 11 is 12.6. The second kappa shape index (κ2) is 9.40. The lowest BCUT2D eigenvalue weighted by molar-refractivity contribution is -0.118. The van der Waals surface area contributed by atoms with Crippen LogP contribution in [0.1, 0.15) is 11.1 Å². The van der Waals surface area contributed by atoms with Crippen molar-refractivity contribution in [2.45, 2.75) is 6.92 Å². The molecule has 0 aliphatic rings. The minimum absolute atomic E-state index is 0.203. The normalized spacial score (nSPS) is 10.8. The second-order valence-electron chi connectivity index (χ2n) is 6.11. The highest BCUT2D eigenvalue weighted by Gasteiger charge is 2.12. The van der Waals surface area contributed by atoms with E-state index >= 15 is 0 Å². The number of aryl methyl sites for hydroxylation is 1. The Morgan fingerprint density at radius 3 is 2.32 bits per heavy atom. The van der Waals surface area contributed by atoms with Gasteiger partial charge in [0.15, 0.2) is 12.4 Å².